The Labute approximate surface area is 148 Å². The van der Waals surface area contributed by atoms with Crippen LogP contribution in [0.4, 0.5) is 5.69 Å². The van der Waals surface area contributed by atoms with E-state index in [4.69, 9.17) is 21.4 Å². The zero-order chi connectivity index (χ0) is 18.2. The third-order valence-electron chi connectivity index (χ3n) is 3.04. The molecule has 6 nitrogen and oxygen atoms in total. The molecule has 25 heavy (non-hydrogen) atoms. The van der Waals surface area contributed by atoms with Crippen LogP contribution >= 0.6 is 11.6 Å². The molecule has 0 atom stereocenters. The van der Waals surface area contributed by atoms with Crippen molar-refractivity contribution in [2.75, 3.05) is 11.9 Å². The van der Waals surface area contributed by atoms with Crippen LogP contribution in [0, 0.1) is 11.3 Å². The number of halogens is 1. The van der Waals surface area contributed by atoms with Gasteiger partial charge in [-0.25, -0.2) is 4.79 Å². The van der Waals surface area contributed by atoms with E-state index in [2.05, 4.69) is 5.32 Å². The van der Waals surface area contributed by atoms with Gasteiger partial charge in [0.15, 0.2) is 6.61 Å². The second kappa shape index (κ2) is 8.52. The van der Waals surface area contributed by atoms with Gasteiger partial charge in [-0.3, -0.25) is 4.79 Å². The van der Waals surface area contributed by atoms with Gasteiger partial charge in [-0.2, -0.15) is 5.26 Å². The smallest absolute Gasteiger partial charge is 0.341 e. The number of benzene rings is 2. The number of carboxylic acid groups (broad SMARTS) is 1. The second-order valence-electron chi connectivity index (χ2n) is 4.85. The molecule has 0 radical (unpaired) electrons. The molecule has 0 saturated heterocycles. The van der Waals surface area contributed by atoms with E-state index in [1.54, 1.807) is 48.5 Å². The highest BCUT2D eigenvalue weighted by Gasteiger charge is 2.12. The van der Waals surface area contributed by atoms with Crippen LogP contribution in [0.5, 0.6) is 5.75 Å². The highest BCUT2D eigenvalue weighted by Crippen LogP contribution is 2.22. The number of hydrogen-bond acceptors (Lipinski definition) is 4. The Balaban J connectivity index is 2.22. The fourth-order valence-electron chi connectivity index (χ4n) is 1.91. The van der Waals surface area contributed by atoms with Gasteiger partial charge < -0.3 is 15.2 Å². The van der Waals surface area contributed by atoms with Crippen LogP contribution in [0.3, 0.4) is 0 Å². The highest BCUT2D eigenvalue weighted by atomic mass is 35.5. The number of nitrogens with zero attached hydrogens (tertiary/aromatic N) is 1. The fourth-order valence-corrected chi connectivity index (χ4v) is 2.03. The third kappa shape index (κ3) is 5.37. The molecular weight excluding hydrogens is 344 g/mol. The minimum atomic E-state index is -1.13. The van der Waals surface area contributed by atoms with E-state index < -0.39 is 18.5 Å². The Hall–Kier alpha value is -3.30. The average Bonchev–Trinajstić information content (AvgIpc) is 2.60. The van der Waals surface area contributed by atoms with Gasteiger partial charge in [0, 0.05) is 16.3 Å². The number of amides is 1. The molecule has 0 heterocycles. The first kappa shape index (κ1) is 18.0. The molecule has 0 aliphatic heterocycles. The minimum absolute atomic E-state index is 0.152. The predicted octanol–water partition coefficient (Wildman–Crippen LogP) is 3.35. The zero-order valence-corrected chi connectivity index (χ0v) is 13.7. The molecule has 7 heteroatoms. The van der Waals surface area contributed by atoms with Gasteiger partial charge in [-0.05, 0) is 36.4 Å². The van der Waals surface area contributed by atoms with Gasteiger partial charge >= 0.3 is 5.97 Å². The van der Waals surface area contributed by atoms with Crippen LogP contribution < -0.4 is 10.1 Å². The van der Waals surface area contributed by atoms with E-state index in [1.807, 2.05) is 6.07 Å². The monoisotopic (exact) mass is 356 g/mol. The first-order valence-corrected chi connectivity index (χ1v) is 7.49. The summed E-state index contributed by atoms with van der Waals surface area (Å²) in [5.41, 5.74) is 0.763. The minimum Gasteiger partial charge on any atom is -0.481 e. The summed E-state index contributed by atoms with van der Waals surface area (Å²) < 4.78 is 5.16. The van der Waals surface area contributed by atoms with Gasteiger partial charge in [-0.1, -0.05) is 29.8 Å². The van der Waals surface area contributed by atoms with Crippen molar-refractivity contribution in [1.82, 2.24) is 0 Å². The van der Waals surface area contributed by atoms with Gasteiger partial charge in [0.25, 0.3) is 5.91 Å². The molecule has 0 bridgehead atoms. The van der Waals surface area contributed by atoms with Crippen LogP contribution in [0.15, 0.2) is 54.1 Å². The predicted molar refractivity (Wildman–Crippen MR) is 93.2 cm³/mol. The van der Waals surface area contributed by atoms with Gasteiger partial charge in [0.2, 0.25) is 0 Å². The first-order chi connectivity index (χ1) is 12.0. The number of carboxylic acids is 1. The molecule has 2 aromatic rings. The summed E-state index contributed by atoms with van der Waals surface area (Å²) in [6.07, 6.45) is 1.34. The van der Waals surface area contributed by atoms with Gasteiger partial charge in [0.1, 0.15) is 17.4 Å². The summed E-state index contributed by atoms with van der Waals surface area (Å²) in [5, 5.41) is 21.1. The molecule has 2 rings (SSSR count). The molecule has 2 aromatic carbocycles. The number of anilines is 1. The van der Waals surface area contributed by atoms with Crippen molar-refractivity contribution in [3.05, 3.63) is 64.7 Å². The van der Waals surface area contributed by atoms with E-state index in [1.165, 1.54) is 6.08 Å². The van der Waals surface area contributed by atoms with Crippen molar-refractivity contribution < 1.29 is 19.4 Å². The third-order valence-corrected chi connectivity index (χ3v) is 3.29. The second-order valence-corrected chi connectivity index (χ2v) is 5.29. The molecule has 0 saturated carbocycles. The molecule has 1 amide bonds. The Kier molecular flexibility index (Phi) is 6.15. The standard InChI is InChI=1S/C18H13ClN2O4/c19-14-5-7-15(8-6-14)21-18(24)13(10-20)9-12-3-1-2-4-16(12)25-11-17(22)23/h1-9H,11H2,(H,21,24)(H,22,23)/b13-9+. The summed E-state index contributed by atoms with van der Waals surface area (Å²) in [6, 6.07) is 14.8. The van der Waals surface area contributed by atoms with Crippen molar-refractivity contribution in [2.45, 2.75) is 0 Å². The fraction of sp³-hybridized carbons (Fsp3) is 0.0556. The van der Waals surface area contributed by atoms with Crippen LogP contribution in [0.2, 0.25) is 5.02 Å². The van der Waals surface area contributed by atoms with Crippen LogP contribution in [0.1, 0.15) is 5.56 Å². The normalized spacial score (nSPS) is 10.6. The van der Waals surface area contributed by atoms with Crippen molar-refractivity contribution in [3.8, 4) is 11.8 Å². The lowest BCUT2D eigenvalue weighted by atomic mass is 10.1. The van der Waals surface area contributed by atoms with E-state index in [-0.39, 0.29) is 11.3 Å². The number of carbonyl (C=O) groups is 2. The number of nitriles is 1. The molecule has 0 aliphatic rings. The topological polar surface area (TPSA) is 99.4 Å². The van der Waals surface area contributed by atoms with E-state index >= 15 is 0 Å². The maximum Gasteiger partial charge on any atom is 0.341 e. The summed E-state index contributed by atoms with van der Waals surface area (Å²) in [7, 11) is 0. The lowest BCUT2D eigenvalue weighted by Gasteiger charge is -2.08. The molecule has 126 valence electrons. The SMILES string of the molecule is N#C/C(=C\c1ccccc1OCC(=O)O)C(=O)Nc1ccc(Cl)cc1. The van der Waals surface area contributed by atoms with Crippen molar-refractivity contribution in [1.29, 1.82) is 5.26 Å². The molecule has 0 aliphatic carbocycles. The Morgan fingerprint density at radius 1 is 1.20 bits per heavy atom. The quantitative estimate of drug-likeness (QED) is 0.610. The van der Waals surface area contributed by atoms with E-state index in [9.17, 15) is 14.9 Å². The van der Waals surface area contributed by atoms with E-state index in [0.717, 1.165) is 0 Å². The molecular formula is C18H13ClN2O4. The Morgan fingerprint density at radius 3 is 2.52 bits per heavy atom. The number of nitrogens with one attached hydrogen (secondary N) is 1. The largest absolute Gasteiger partial charge is 0.481 e. The lowest BCUT2D eigenvalue weighted by molar-refractivity contribution is -0.139. The van der Waals surface area contributed by atoms with Gasteiger partial charge in [0.05, 0.1) is 0 Å². The van der Waals surface area contributed by atoms with Crippen LogP contribution in [0.25, 0.3) is 6.08 Å². The maximum atomic E-state index is 12.2. The highest BCUT2D eigenvalue weighted by molar-refractivity contribution is 6.30. The molecule has 0 unspecified atom stereocenters. The van der Waals surface area contributed by atoms with E-state index in [0.29, 0.717) is 16.3 Å². The van der Waals surface area contributed by atoms with Crippen molar-refractivity contribution in [2.24, 2.45) is 0 Å². The maximum absolute atomic E-state index is 12.2. The number of rotatable bonds is 6. The van der Waals surface area contributed by atoms with Crippen LogP contribution in [-0.4, -0.2) is 23.6 Å². The summed E-state index contributed by atoms with van der Waals surface area (Å²) in [5.74, 6) is -1.46. The molecule has 0 aromatic heterocycles. The van der Waals surface area contributed by atoms with Crippen LogP contribution in [-0.2, 0) is 9.59 Å². The Bertz CT molecular complexity index is 854. The van der Waals surface area contributed by atoms with Gasteiger partial charge in [-0.15, -0.1) is 0 Å². The van der Waals surface area contributed by atoms with Crippen molar-refractivity contribution in [3.63, 3.8) is 0 Å². The zero-order valence-electron chi connectivity index (χ0n) is 12.9. The number of carbonyl (C=O) groups excluding carboxylic acids is 1. The summed E-state index contributed by atoms with van der Waals surface area (Å²) in [4.78, 5) is 22.9. The summed E-state index contributed by atoms with van der Waals surface area (Å²) in [6.45, 7) is -0.524. The summed E-state index contributed by atoms with van der Waals surface area (Å²) >= 11 is 5.78. The first-order valence-electron chi connectivity index (χ1n) is 7.12. The number of ether oxygens (including phenoxy) is 1. The molecule has 2 N–H and O–H groups in total. The average molecular weight is 357 g/mol. The Morgan fingerprint density at radius 2 is 1.88 bits per heavy atom. The number of hydrogen-bond donors (Lipinski definition) is 2. The van der Waals surface area contributed by atoms with Crippen molar-refractivity contribution >= 4 is 35.2 Å². The molecule has 0 spiro atoms. The number of aliphatic carboxylic acids is 1. The number of para-hydroxylation sites is 1. The lowest BCUT2D eigenvalue weighted by Crippen LogP contribution is -2.13. The molecule has 0 fully saturated rings.